The van der Waals surface area contributed by atoms with Crippen molar-refractivity contribution in [2.45, 2.75) is 37.5 Å². The fourth-order valence-corrected chi connectivity index (χ4v) is 5.93. The van der Waals surface area contributed by atoms with E-state index in [1.165, 1.54) is 4.90 Å². The summed E-state index contributed by atoms with van der Waals surface area (Å²) in [5.74, 6) is -0.796. The number of nitrogens with one attached hydrogen (secondary N) is 2. The number of hydrogen-bond acceptors (Lipinski definition) is 7. The van der Waals surface area contributed by atoms with E-state index in [0.29, 0.717) is 54.0 Å². The zero-order valence-corrected chi connectivity index (χ0v) is 24.1. The minimum absolute atomic E-state index is 0.183. The maximum absolute atomic E-state index is 13.2. The number of carbonyl (C=O) groups excluding carboxylic acids is 4. The second-order valence-corrected chi connectivity index (χ2v) is 11.1. The van der Waals surface area contributed by atoms with Crippen LogP contribution in [0.25, 0.3) is 0 Å². The van der Waals surface area contributed by atoms with E-state index >= 15 is 0 Å². The molecule has 0 spiro atoms. The van der Waals surface area contributed by atoms with Gasteiger partial charge in [0.05, 0.1) is 41.4 Å². The largest absolute Gasteiger partial charge is 0.491 e. The highest BCUT2D eigenvalue weighted by molar-refractivity contribution is 6.21. The van der Waals surface area contributed by atoms with Crippen molar-refractivity contribution in [3.63, 3.8) is 0 Å². The van der Waals surface area contributed by atoms with Gasteiger partial charge in [-0.25, -0.2) is 0 Å². The first kappa shape index (κ1) is 28.6. The van der Waals surface area contributed by atoms with Crippen molar-refractivity contribution < 1.29 is 33.4 Å². The smallest absolute Gasteiger partial charge is 0.261 e. The molecule has 0 aromatic heterocycles. The first-order chi connectivity index (χ1) is 20.8. The summed E-state index contributed by atoms with van der Waals surface area (Å²) in [4.78, 5) is 52.7. The molecule has 1 fully saturated rings. The first-order valence-corrected chi connectivity index (χ1v) is 14.4. The van der Waals surface area contributed by atoms with Crippen LogP contribution in [0.15, 0.2) is 66.7 Å². The van der Waals surface area contributed by atoms with E-state index < -0.39 is 17.7 Å². The summed E-state index contributed by atoms with van der Waals surface area (Å²) < 4.78 is 17.7. The van der Waals surface area contributed by atoms with Gasteiger partial charge in [0.25, 0.3) is 23.6 Å². The molecule has 0 radical (unpaired) electrons. The SMILES string of the molecule is CNC(=O)c1cc(C(=O)NCCCC2OCC(N3C(=O)c4ccccc4C3=O)CO2)cc2c1OCC2(C)c1ccccc1. The molecule has 2 N–H and O–H groups in total. The molecule has 0 bridgehead atoms. The fraction of sp³-hybridized carbons (Fsp3) is 0.333. The van der Waals surface area contributed by atoms with Gasteiger partial charge in [0.15, 0.2) is 6.29 Å². The van der Waals surface area contributed by atoms with Crippen LogP contribution in [0.2, 0.25) is 0 Å². The number of imide groups is 1. The van der Waals surface area contributed by atoms with Crippen molar-refractivity contribution in [2.75, 3.05) is 33.4 Å². The van der Waals surface area contributed by atoms with E-state index in [9.17, 15) is 19.2 Å². The van der Waals surface area contributed by atoms with Crippen LogP contribution in [0, 0.1) is 0 Å². The van der Waals surface area contributed by atoms with Crippen molar-refractivity contribution in [3.05, 3.63) is 100 Å². The predicted molar refractivity (Wildman–Crippen MR) is 156 cm³/mol. The van der Waals surface area contributed by atoms with E-state index in [1.54, 1.807) is 37.4 Å². The number of benzene rings is 3. The average Bonchev–Trinajstić information content (AvgIpc) is 3.52. The Morgan fingerprint density at radius 3 is 2.23 bits per heavy atom. The van der Waals surface area contributed by atoms with Crippen molar-refractivity contribution in [1.82, 2.24) is 15.5 Å². The third-order valence-corrected chi connectivity index (χ3v) is 8.38. The second kappa shape index (κ2) is 11.6. The van der Waals surface area contributed by atoms with Crippen LogP contribution in [0.5, 0.6) is 5.75 Å². The second-order valence-electron chi connectivity index (χ2n) is 11.1. The Morgan fingerprint density at radius 1 is 0.930 bits per heavy atom. The van der Waals surface area contributed by atoms with Gasteiger partial charge in [0.1, 0.15) is 12.4 Å². The molecule has 10 nitrogen and oxygen atoms in total. The Kier molecular flexibility index (Phi) is 7.72. The summed E-state index contributed by atoms with van der Waals surface area (Å²) in [6.45, 7) is 3.14. The third kappa shape index (κ3) is 5.17. The topological polar surface area (TPSA) is 123 Å². The Balaban J connectivity index is 1.05. The van der Waals surface area contributed by atoms with E-state index in [2.05, 4.69) is 10.6 Å². The molecular weight excluding hydrogens is 550 g/mol. The van der Waals surface area contributed by atoms with Crippen LogP contribution < -0.4 is 15.4 Å². The zero-order valence-electron chi connectivity index (χ0n) is 24.1. The fourth-order valence-electron chi connectivity index (χ4n) is 5.93. The maximum Gasteiger partial charge on any atom is 0.261 e. The van der Waals surface area contributed by atoms with Gasteiger partial charge < -0.3 is 24.8 Å². The monoisotopic (exact) mass is 583 g/mol. The Morgan fingerprint density at radius 2 is 1.58 bits per heavy atom. The van der Waals surface area contributed by atoms with Crippen LogP contribution >= 0.6 is 0 Å². The molecule has 1 unspecified atom stereocenters. The lowest BCUT2D eigenvalue weighted by Crippen LogP contribution is -2.49. The molecule has 3 heterocycles. The van der Waals surface area contributed by atoms with Gasteiger partial charge in [-0.3, -0.25) is 24.1 Å². The van der Waals surface area contributed by atoms with Gasteiger partial charge in [-0.1, -0.05) is 42.5 Å². The third-order valence-electron chi connectivity index (χ3n) is 8.38. The molecule has 3 aliphatic rings. The standard InChI is InChI=1S/C33H33N3O7/c1-33(21-9-4-3-5-10-21)19-43-28-25(30(38)34-2)15-20(16-26(28)33)29(37)35-14-8-13-27-41-17-22(18-42-27)36-31(39)23-11-6-7-12-24(23)32(36)40/h3-7,9-12,15-16,22,27H,8,13-14,17-19H2,1-2H3,(H,34,38)(H,35,37). The minimum atomic E-state index is -0.518. The lowest BCUT2D eigenvalue weighted by atomic mass is 9.77. The summed E-state index contributed by atoms with van der Waals surface area (Å²) in [7, 11) is 1.55. The number of amides is 4. The van der Waals surface area contributed by atoms with E-state index in [-0.39, 0.29) is 36.8 Å². The summed E-state index contributed by atoms with van der Waals surface area (Å²) in [5.41, 5.74) is 2.80. The van der Waals surface area contributed by atoms with Crippen LogP contribution in [-0.4, -0.2) is 74.3 Å². The van der Waals surface area contributed by atoms with Crippen molar-refractivity contribution in [2.24, 2.45) is 0 Å². The zero-order chi connectivity index (χ0) is 30.1. The molecular formula is C33H33N3O7. The maximum atomic E-state index is 13.2. The van der Waals surface area contributed by atoms with Crippen molar-refractivity contribution in [3.8, 4) is 5.75 Å². The Bertz CT molecular complexity index is 1550. The molecule has 0 saturated carbocycles. The molecule has 3 aromatic rings. The van der Waals surface area contributed by atoms with Gasteiger partial charge >= 0.3 is 0 Å². The number of ether oxygens (including phenoxy) is 3. The quantitative estimate of drug-likeness (QED) is 0.308. The molecule has 43 heavy (non-hydrogen) atoms. The lowest BCUT2D eigenvalue weighted by molar-refractivity contribution is -0.199. The molecule has 6 rings (SSSR count). The highest BCUT2D eigenvalue weighted by atomic mass is 16.7. The number of fused-ring (bicyclic) bond motifs is 2. The lowest BCUT2D eigenvalue weighted by Gasteiger charge is -2.33. The molecule has 10 heteroatoms. The molecule has 1 saturated heterocycles. The van der Waals surface area contributed by atoms with Crippen molar-refractivity contribution >= 4 is 23.6 Å². The van der Waals surface area contributed by atoms with E-state index in [0.717, 1.165) is 11.1 Å². The van der Waals surface area contributed by atoms with Gasteiger partial charge in [-0.05, 0) is 43.2 Å². The summed E-state index contributed by atoms with van der Waals surface area (Å²) in [6, 6.07) is 19.5. The van der Waals surface area contributed by atoms with Gasteiger partial charge in [-0.15, -0.1) is 0 Å². The molecule has 222 valence electrons. The van der Waals surface area contributed by atoms with Crippen LogP contribution in [-0.2, 0) is 14.9 Å². The van der Waals surface area contributed by atoms with Crippen LogP contribution in [0.3, 0.4) is 0 Å². The Labute approximate surface area is 249 Å². The summed E-state index contributed by atoms with van der Waals surface area (Å²) in [6.07, 6.45) is 0.585. The highest BCUT2D eigenvalue weighted by Crippen LogP contribution is 2.45. The number of carbonyl (C=O) groups is 4. The molecule has 4 amide bonds. The predicted octanol–water partition coefficient (Wildman–Crippen LogP) is 3.29. The summed E-state index contributed by atoms with van der Waals surface area (Å²) >= 11 is 0. The number of rotatable bonds is 8. The normalized spacial score (nSPS) is 22.5. The molecule has 1 atom stereocenters. The number of hydrogen-bond donors (Lipinski definition) is 2. The van der Waals surface area contributed by atoms with Crippen molar-refractivity contribution in [1.29, 1.82) is 0 Å². The summed E-state index contributed by atoms with van der Waals surface area (Å²) in [5, 5.41) is 5.58. The van der Waals surface area contributed by atoms with Crippen LogP contribution in [0.4, 0.5) is 0 Å². The minimum Gasteiger partial charge on any atom is -0.491 e. The van der Waals surface area contributed by atoms with Gasteiger partial charge in [0, 0.05) is 31.1 Å². The molecule has 3 aromatic carbocycles. The van der Waals surface area contributed by atoms with E-state index in [4.69, 9.17) is 14.2 Å². The Hall–Kier alpha value is -4.54. The van der Waals surface area contributed by atoms with Gasteiger partial charge in [0.2, 0.25) is 0 Å². The highest BCUT2D eigenvalue weighted by Gasteiger charge is 2.42. The van der Waals surface area contributed by atoms with Crippen LogP contribution in [0.1, 0.15) is 72.3 Å². The van der Waals surface area contributed by atoms with E-state index in [1.807, 2.05) is 43.3 Å². The first-order valence-electron chi connectivity index (χ1n) is 14.4. The average molecular weight is 584 g/mol. The molecule has 0 aliphatic carbocycles. The number of nitrogens with zero attached hydrogens (tertiary/aromatic N) is 1. The molecule has 3 aliphatic heterocycles. The van der Waals surface area contributed by atoms with Gasteiger partial charge in [-0.2, -0.15) is 0 Å².